The molecule has 0 bridgehead atoms. The van der Waals surface area contributed by atoms with Crippen molar-refractivity contribution >= 4 is 15.7 Å². The van der Waals surface area contributed by atoms with E-state index in [4.69, 9.17) is 4.74 Å². The third-order valence-electron chi connectivity index (χ3n) is 4.51. The van der Waals surface area contributed by atoms with Gasteiger partial charge in [-0.05, 0) is 56.2 Å². The minimum Gasteiger partial charge on any atom is -0.494 e. The van der Waals surface area contributed by atoms with Gasteiger partial charge in [-0.1, -0.05) is 6.07 Å². The minimum absolute atomic E-state index is 0.0563. The zero-order valence-electron chi connectivity index (χ0n) is 14.6. The number of fused-ring (bicyclic) bond motifs is 1. The molecular weight excluding hydrogens is 350 g/mol. The molecule has 0 aliphatic heterocycles. The number of ether oxygens (including phenoxy) is 1. The first kappa shape index (κ1) is 17.1. The van der Waals surface area contributed by atoms with Crippen LogP contribution < -0.4 is 4.74 Å². The largest absolute Gasteiger partial charge is 0.494 e. The lowest BCUT2D eigenvalue weighted by molar-refractivity contribution is 0.340. The van der Waals surface area contributed by atoms with Crippen LogP contribution in [-0.2, 0) is 16.6 Å². The molecule has 1 saturated carbocycles. The summed E-state index contributed by atoms with van der Waals surface area (Å²) in [6.07, 6.45) is 5.45. The highest BCUT2D eigenvalue weighted by Crippen LogP contribution is 2.34. The molecule has 0 saturated heterocycles. The molecule has 0 N–H and O–H groups in total. The number of benzene rings is 1. The van der Waals surface area contributed by atoms with Gasteiger partial charge in [-0.2, -0.15) is 4.31 Å². The molecule has 1 aromatic carbocycles. The fourth-order valence-electron chi connectivity index (χ4n) is 3.04. The Hall–Kier alpha value is -2.38. The second-order valence-electron chi connectivity index (χ2n) is 6.36. The molecule has 136 valence electrons. The van der Waals surface area contributed by atoms with E-state index in [1.165, 1.54) is 0 Å². The normalized spacial score (nSPS) is 14.8. The highest BCUT2D eigenvalue weighted by molar-refractivity contribution is 7.89. The maximum absolute atomic E-state index is 13.2. The van der Waals surface area contributed by atoms with Gasteiger partial charge in [-0.25, -0.2) is 13.4 Å². The van der Waals surface area contributed by atoms with Crippen molar-refractivity contribution in [2.24, 2.45) is 0 Å². The maximum Gasteiger partial charge on any atom is 0.243 e. The van der Waals surface area contributed by atoms with Gasteiger partial charge < -0.3 is 9.14 Å². The van der Waals surface area contributed by atoms with Gasteiger partial charge in [0, 0.05) is 12.2 Å². The van der Waals surface area contributed by atoms with Gasteiger partial charge in [0.15, 0.2) is 0 Å². The fraction of sp³-hybridized carbons (Fsp3) is 0.316. The molecule has 1 aliphatic rings. The molecule has 0 radical (unpaired) electrons. The van der Waals surface area contributed by atoms with Crippen molar-refractivity contribution in [1.82, 2.24) is 13.7 Å². The van der Waals surface area contributed by atoms with Gasteiger partial charge in [-0.3, -0.25) is 0 Å². The molecule has 6 nitrogen and oxygen atoms in total. The van der Waals surface area contributed by atoms with Crippen LogP contribution in [0.5, 0.6) is 5.75 Å². The molecule has 0 unspecified atom stereocenters. The van der Waals surface area contributed by atoms with Crippen LogP contribution in [0.4, 0.5) is 0 Å². The van der Waals surface area contributed by atoms with Crippen LogP contribution in [0, 0.1) is 0 Å². The molecule has 1 aliphatic carbocycles. The third kappa shape index (κ3) is 3.20. The first-order valence-electron chi connectivity index (χ1n) is 8.75. The van der Waals surface area contributed by atoms with Crippen molar-refractivity contribution in [3.63, 3.8) is 0 Å². The molecule has 1 fully saturated rings. The number of nitrogens with zero attached hydrogens (tertiary/aromatic N) is 3. The minimum atomic E-state index is -3.58. The lowest BCUT2D eigenvalue weighted by Crippen LogP contribution is -2.33. The maximum atomic E-state index is 13.2. The van der Waals surface area contributed by atoms with Crippen LogP contribution in [0.15, 0.2) is 59.8 Å². The number of aromatic nitrogens is 2. The predicted octanol–water partition coefficient (Wildman–Crippen LogP) is 3.09. The molecule has 26 heavy (non-hydrogen) atoms. The Morgan fingerprint density at radius 1 is 1.19 bits per heavy atom. The Balaban J connectivity index is 1.65. The van der Waals surface area contributed by atoms with Crippen molar-refractivity contribution in [3.8, 4) is 5.75 Å². The van der Waals surface area contributed by atoms with E-state index >= 15 is 0 Å². The number of hydrogen-bond acceptors (Lipinski definition) is 4. The van der Waals surface area contributed by atoms with E-state index < -0.39 is 10.0 Å². The van der Waals surface area contributed by atoms with Crippen molar-refractivity contribution in [1.29, 1.82) is 0 Å². The van der Waals surface area contributed by atoms with Crippen LogP contribution in [-0.4, -0.2) is 34.8 Å². The second-order valence-corrected chi connectivity index (χ2v) is 8.25. The van der Waals surface area contributed by atoms with Crippen molar-refractivity contribution in [3.05, 3.63) is 60.6 Å². The summed E-state index contributed by atoms with van der Waals surface area (Å²) >= 11 is 0. The summed E-state index contributed by atoms with van der Waals surface area (Å²) in [6.45, 7) is 2.76. The summed E-state index contributed by atoms with van der Waals surface area (Å²) < 4.78 is 35.3. The molecule has 0 atom stereocenters. The monoisotopic (exact) mass is 371 g/mol. The molecule has 0 spiro atoms. The van der Waals surface area contributed by atoms with E-state index in [9.17, 15) is 8.42 Å². The zero-order chi connectivity index (χ0) is 18.1. The van der Waals surface area contributed by atoms with Crippen LogP contribution >= 0.6 is 0 Å². The van der Waals surface area contributed by atoms with Gasteiger partial charge in [0.1, 0.15) is 11.4 Å². The molecule has 4 rings (SSSR count). The number of rotatable bonds is 7. The molecule has 3 aromatic rings. The molecule has 2 heterocycles. The highest BCUT2D eigenvalue weighted by atomic mass is 32.2. The number of sulfonamides is 1. The average Bonchev–Trinajstić information content (AvgIpc) is 3.40. The quantitative estimate of drug-likeness (QED) is 0.640. The third-order valence-corrected chi connectivity index (χ3v) is 6.42. The SMILES string of the molecule is CCOc1ccc(S(=O)(=O)N(Cc2cnc3ccccn23)C2CC2)cc1. The van der Waals surface area contributed by atoms with Crippen LogP contribution in [0.3, 0.4) is 0 Å². The van der Waals surface area contributed by atoms with Crippen LogP contribution in [0.2, 0.25) is 0 Å². The number of pyridine rings is 1. The standard InChI is InChI=1S/C19H21N3O3S/c1-2-25-17-8-10-18(11-9-17)26(23,24)22(15-6-7-15)14-16-13-20-19-5-3-4-12-21(16)19/h3-5,8-13,15H,2,6-7,14H2,1H3. The molecule has 0 amide bonds. The lowest BCUT2D eigenvalue weighted by atomic mass is 10.3. The van der Waals surface area contributed by atoms with Crippen LogP contribution in [0.1, 0.15) is 25.5 Å². The lowest BCUT2D eigenvalue weighted by Gasteiger charge is -2.22. The smallest absolute Gasteiger partial charge is 0.243 e. The average molecular weight is 371 g/mol. The summed E-state index contributed by atoms with van der Waals surface area (Å²) in [6, 6.07) is 12.4. The summed E-state index contributed by atoms with van der Waals surface area (Å²) in [5.41, 5.74) is 1.68. The van der Waals surface area contributed by atoms with E-state index in [1.807, 2.05) is 35.7 Å². The fourth-order valence-corrected chi connectivity index (χ4v) is 4.70. The van der Waals surface area contributed by atoms with Gasteiger partial charge >= 0.3 is 0 Å². The van der Waals surface area contributed by atoms with E-state index in [1.54, 1.807) is 34.8 Å². The first-order chi connectivity index (χ1) is 12.6. The zero-order valence-corrected chi connectivity index (χ0v) is 15.4. The summed E-state index contributed by atoms with van der Waals surface area (Å²) in [4.78, 5) is 4.66. The van der Waals surface area contributed by atoms with Gasteiger partial charge in [0.05, 0.1) is 29.9 Å². The van der Waals surface area contributed by atoms with E-state index in [0.717, 1.165) is 24.2 Å². The van der Waals surface area contributed by atoms with Gasteiger partial charge in [0.25, 0.3) is 0 Å². The van der Waals surface area contributed by atoms with Crippen LogP contribution in [0.25, 0.3) is 5.65 Å². The Morgan fingerprint density at radius 3 is 2.65 bits per heavy atom. The topological polar surface area (TPSA) is 63.9 Å². The highest BCUT2D eigenvalue weighted by Gasteiger charge is 2.38. The Kier molecular flexibility index (Phi) is 4.42. The second kappa shape index (κ2) is 6.74. The summed E-state index contributed by atoms with van der Waals surface area (Å²) in [5.74, 6) is 0.672. The van der Waals surface area contributed by atoms with Crippen molar-refractivity contribution < 1.29 is 13.2 Å². The van der Waals surface area contributed by atoms with Crippen molar-refractivity contribution in [2.75, 3.05) is 6.61 Å². The van der Waals surface area contributed by atoms with E-state index in [-0.39, 0.29) is 6.04 Å². The van der Waals surface area contributed by atoms with Gasteiger partial charge in [0.2, 0.25) is 10.0 Å². The van der Waals surface area contributed by atoms with Crippen molar-refractivity contribution in [2.45, 2.75) is 37.2 Å². The summed E-state index contributed by atoms with van der Waals surface area (Å²) in [7, 11) is -3.58. The Bertz CT molecular complexity index is 1010. The molecule has 7 heteroatoms. The number of imidazole rings is 1. The van der Waals surface area contributed by atoms with E-state index in [0.29, 0.717) is 23.8 Å². The molecule has 2 aromatic heterocycles. The first-order valence-corrected chi connectivity index (χ1v) is 10.2. The van der Waals surface area contributed by atoms with E-state index in [2.05, 4.69) is 4.98 Å². The summed E-state index contributed by atoms with van der Waals surface area (Å²) in [5, 5.41) is 0. The predicted molar refractivity (Wildman–Crippen MR) is 98.6 cm³/mol. The number of hydrogen-bond donors (Lipinski definition) is 0. The Morgan fingerprint density at radius 2 is 1.96 bits per heavy atom. The molecular formula is C19H21N3O3S. The Labute approximate surface area is 153 Å². The van der Waals surface area contributed by atoms with Gasteiger partial charge in [-0.15, -0.1) is 0 Å².